The van der Waals surface area contributed by atoms with Crippen molar-refractivity contribution in [3.63, 3.8) is 0 Å². The fourth-order valence-corrected chi connectivity index (χ4v) is 0.538. The molecular weight excluding hydrogens is 208 g/mol. The number of nitrogens with two attached hydrogens (primary N) is 1. The van der Waals surface area contributed by atoms with Crippen molar-refractivity contribution in [3.8, 4) is 0 Å². The molecule has 0 aliphatic rings. The van der Waals surface area contributed by atoms with E-state index in [4.69, 9.17) is 5.73 Å². The second-order valence-corrected chi connectivity index (χ2v) is 3.10. The van der Waals surface area contributed by atoms with Crippen LogP contribution < -0.4 is 5.73 Å². The maximum absolute atomic E-state index is 11.3. The minimum Gasteiger partial charge on any atom is -0.594 e. The number of nitro groups is 1. The van der Waals surface area contributed by atoms with Crippen LogP contribution in [0.1, 0.15) is 13.8 Å². The van der Waals surface area contributed by atoms with E-state index in [-0.39, 0.29) is 16.5 Å². The topological polar surface area (TPSA) is 147 Å². The lowest BCUT2D eigenvalue weighted by molar-refractivity contribution is -0.804. The highest BCUT2D eigenvalue weighted by Gasteiger charge is 2.42. The van der Waals surface area contributed by atoms with Gasteiger partial charge in [-0.05, 0) is 15.2 Å². The molecule has 0 fully saturated rings. The molecule has 0 aliphatic carbocycles. The van der Waals surface area contributed by atoms with Crippen molar-refractivity contribution in [1.82, 2.24) is 10.3 Å². The Labute approximate surface area is 83.1 Å². The Morgan fingerprint density at radius 1 is 1.47 bits per heavy atom. The monoisotopic (exact) mass is 216 g/mol. The van der Waals surface area contributed by atoms with Crippen LogP contribution in [-0.4, -0.2) is 25.8 Å². The highest BCUT2D eigenvalue weighted by Crippen LogP contribution is 2.18. The summed E-state index contributed by atoms with van der Waals surface area (Å²) in [6.07, 6.45) is 0. The summed E-state index contributed by atoms with van der Waals surface area (Å²) in [4.78, 5) is 9.58. The van der Waals surface area contributed by atoms with Crippen molar-refractivity contribution >= 4 is 11.6 Å². The van der Waals surface area contributed by atoms with Crippen LogP contribution in [0.25, 0.3) is 0 Å². The van der Waals surface area contributed by atoms with E-state index in [1.165, 1.54) is 0 Å². The van der Waals surface area contributed by atoms with E-state index >= 15 is 0 Å². The second kappa shape index (κ2) is 3.48. The molecule has 0 saturated heterocycles. The molecule has 0 amide bonds. The summed E-state index contributed by atoms with van der Waals surface area (Å²) in [7, 11) is 0. The molecule has 0 bridgehead atoms. The molecule has 1 heterocycles. The van der Waals surface area contributed by atoms with Crippen LogP contribution >= 0.6 is 0 Å². The van der Waals surface area contributed by atoms with Crippen LogP contribution in [0.3, 0.4) is 0 Å². The van der Waals surface area contributed by atoms with Crippen LogP contribution in [0, 0.1) is 15.3 Å². The maximum atomic E-state index is 11.3. The van der Waals surface area contributed by atoms with Crippen LogP contribution in [0.2, 0.25) is 0 Å². The first kappa shape index (κ1) is 10.8. The van der Waals surface area contributed by atoms with Gasteiger partial charge in [-0.2, -0.15) is 0 Å². The Kier molecular flexibility index (Phi) is 2.51. The first-order valence-electron chi connectivity index (χ1n) is 3.77. The van der Waals surface area contributed by atoms with Crippen molar-refractivity contribution < 1.29 is 14.4 Å². The van der Waals surface area contributed by atoms with Gasteiger partial charge in [0.05, 0.1) is 18.8 Å². The Morgan fingerprint density at radius 2 is 2.07 bits per heavy atom. The molecule has 1 aromatic heterocycles. The fraction of sp³-hybridized carbons (Fsp3) is 0.600. The summed E-state index contributed by atoms with van der Waals surface area (Å²) in [5.41, 5.74) is 3.30. The number of hydrogen-bond acceptors (Lipinski definition) is 8. The molecule has 15 heavy (non-hydrogen) atoms. The van der Waals surface area contributed by atoms with Gasteiger partial charge in [0.15, 0.2) is 0 Å². The van der Waals surface area contributed by atoms with Crippen molar-refractivity contribution in [3.05, 3.63) is 15.3 Å². The van der Waals surface area contributed by atoms with E-state index in [9.17, 15) is 15.3 Å². The molecule has 1 rings (SSSR count). The highest BCUT2D eigenvalue weighted by molar-refractivity contribution is 5.47. The number of hydroxylamine groups is 1. The summed E-state index contributed by atoms with van der Waals surface area (Å²) in [6, 6.07) is 0. The molecule has 0 aromatic carbocycles. The standard InChI is InChI=1S/C5H8N6O4/c1-5(2,11(13)14)10(12)7-4-3(6)8-15-9-4/h1-2H3,(H2,6,8). The largest absolute Gasteiger partial charge is 0.594 e. The smallest absolute Gasteiger partial charge is 0.433 e. The number of anilines is 1. The molecule has 0 spiro atoms. The van der Waals surface area contributed by atoms with Gasteiger partial charge in [-0.3, -0.25) is 10.1 Å². The van der Waals surface area contributed by atoms with E-state index in [1.807, 2.05) is 0 Å². The molecular formula is C5H8N6O4. The molecule has 10 heteroatoms. The van der Waals surface area contributed by atoms with Crippen molar-refractivity contribution in [2.75, 3.05) is 5.73 Å². The SMILES string of the molecule is CC(C)([N+](=O)[O-])[N+]([O-])=Nc1nonc1N. The van der Waals surface area contributed by atoms with Crippen molar-refractivity contribution in [2.45, 2.75) is 19.5 Å². The average Bonchev–Trinajstić information content (AvgIpc) is 2.51. The Bertz CT molecular complexity index is 409. The number of nitrogen functional groups attached to an aromatic ring is 1. The Morgan fingerprint density at radius 3 is 2.47 bits per heavy atom. The predicted molar refractivity (Wildman–Crippen MR) is 45.5 cm³/mol. The molecule has 0 aliphatic heterocycles. The Balaban J connectivity index is 3.04. The quantitative estimate of drug-likeness (QED) is 0.250. The van der Waals surface area contributed by atoms with Gasteiger partial charge in [0.1, 0.15) is 0 Å². The van der Waals surface area contributed by atoms with Gasteiger partial charge < -0.3 is 10.9 Å². The maximum Gasteiger partial charge on any atom is 0.433 e. The molecule has 82 valence electrons. The van der Waals surface area contributed by atoms with Gasteiger partial charge in [-0.1, -0.05) is 0 Å². The third-order valence-electron chi connectivity index (χ3n) is 1.60. The fourth-order valence-electron chi connectivity index (χ4n) is 0.538. The number of aromatic nitrogens is 2. The summed E-state index contributed by atoms with van der Waals surface area (Å²) >= 11 is 0. The first-order chi connectivity index (χ1) is 6.85. The molecule has 10 nitrogen and oxygen atoms in total. The van der Waals surface area contributed by atoms with Gasteiger partial charge in [0.25, 0.3) is 0 Å². The second-order valence-electron chi connectivity index (χ2n) is 3.10. The number of hydrogen-bond donors (Lipinski definition) is 1. The summed E-state index contributed by atoms with van der Waals surface area (Å²) < 4.78 is 4.17. The van der Waals surface area contributed by atoms with Gasteiger partial charge in [0, 0.05) is 5.11 Å². The molecule has 0 unspecified atom stereocenters. The van der Waals surface area contributed by atoms with E-state index in [0.717, 1.165) is 13.8 Å². The molecule has 0 saturated carbocycles. The van der Waals surface area contributed by atoms with Crippen molar-refractivity contribution in [2.24, 2.45) is 5.11 Å². The zero-order valence-corrected chi connectivity index (χ0v) is 7.95. The highest BCUT2D eigenvalue weighted by atomic mass is 16.7. The van der Waals surface area contributed by atoms with Crippen LogP contribution in [0.5, 0.6) is 0 Å². The van der Waals surface area contributed by atoms with Gasteiger partial charge >= 0.3 is 11.5 Å². The number of azo groups is 1. The van der Waals surface area contributed by atoms with Crippen LogP contribution in [-0.2, 0) is 0 Å². The lowest BCUT2D eigenvalue weighted by Gasteiger charge is -2.11. The lowest BCUT2D eigenvalue weighted by Crippen LogP contribution is -2.40. The normalized spacial score (nSPS) is 12.8. The lowest BCUT2D eigenvalue weighted by atomic mass is 10.3. The number of nitrogens with zero attached hydrogens (tertiary/aromatic N) is 5. The van der Waals surface area contributed by atoms with Crippen LogP contribution in [0.15, 0.2) is 9.74 Å². The minimum atomic E-state index is -1.91. The molecule has 0 atom stereocenters. The third kappa shape index (κ3) is 1.98. The van der Waals surface area contributed by atoms with E-state index in [2.05, 4.69) is 20.1 Å². The predicted octanol–water partition coefficient (Wildman–Crippen LogP) is 0.259. The Hall–Kier alpha value is -2.26. The van der Waals surface area contributed by atoms with Gasteiger partial charge in [-0.15, -0.1) is 0 Å². The van der Waals surface area contributed by atoms with E-state index in [0.29, 0.717) is 0 Å². The zero-order chi connectivity index (χ0) is 11.6. The van der Waals surface area contributed by atoms with E-state index in [1.54, 1.807) is 0 Å². The molecule has 0 radical (unpaired) electrons. The average molecular weight is 216 g/mol. The van der Waals surface area contributed by atoms with Gasteiger partial charge in [-0.25, -0.2) is 4.63 Å². The molecule has 1 aromatic rings. The minimum absolute atomic E-state index is 0.122. The summed E-state index contributed by atoms with van der Waals surface area (Å²) in [6.45, 7) is 2.18. The van der Waals surface area contributed by atoms with E-state index < -0.39 is 10.6 Å². The summed E-state index contributed by atoms with van der Waals surface area (Å²) in [5, 5.41) is 31.4. The zero-order valence-electron chi connectivity index (χ0n) is 7.95. The molecule has 2 N–H and O–H groups in total. The number of rotatable bonds is 3. The van der Waals surface area contributed by atoms with Gasteiger partial charge in [0.2, 0.25) is 5.82 Å². The van der Waals surface area contributed by atoms with Crippen LogP contribution in [0.4, 0.5) is 11.6 Å². The van der Waals surface area contributed by atoms with Crippen molar-refractivity contribution in [1.29, 1.82) is 0 Å². The summed E-state index contributed by atoms with van der Waals surface area (Å²) in [5.74, 6) is -0.505. The first-order valence-corrected chi connectivity index (χ1v) is 3.77. The third-order valence-corrected chi connectivity index (χ3v) is 1.60.